The maximum Gasteiger partial charge on any atom is 0.259 e. The zero-order chi connectivity index (χ0) is 15.6. The summed E-state index contributed by atoms with van der Waals surface area (Å²) in [5, 5.41) is 5.32. The number of nitrogens with one attached hydrogen (secondary N) is 1. The number of nitrogens with zero attached hydrogens (tertiary/aromatic N) is 2. The quantitative estimate of drug-likeness (QED) is 0.801. The summed E-state index contributed by atoms with van der Waals surface area (Å²) < 4.78 is 5.43. The fraction of sp³-hybridized carbons (Fsp3) is 0.118. The van der Waals surface area contributed by atoms with Crippen molar-refractivity contribution in [3.05, 3.63) is 64.8 Å². The van der Waals surface area contributed by atoms with Crippen LogP contribution in [0.5, 0.6) is 0 Å². The second-order valence-corrected chi connectivity index (χ2v) is 6.07. The number of benzene rings is 1. The number of aromatic nitrogens is 2. The van der Waals surface area contributed by atoms with Gasteiger partial charge in [-0.05, 0) is 29.3 Å². The van der Waals surface area contributed by atoms with Gasteiger partial charge in [0, 0.05) is 23.3 Å². The first-order chi connectivity index (χ1) is 11.3. The van der Waals surface area contributed by atoms with Gasteiger partial charge in [0.05, 0.1) is 24.5 Å². The van der Waals surface area contributed by atoms with Crippen LogP contribution in [0.25, 0.3) is 11.3 Å². The Kier molecular flexibility index (Phi) is 3.61. The molecule has 0 saturated heterocycles. The van der Waals surface area contributed by atoms with Crippen LogP contribution >= 0.6 is 11.3 Å². The molecule has 0 spiro atoms. The molecule has 1 N–H and O–H groups in total. The van der Waals surface area contributed by atoms with Crippen LogP contribution in [0.2, 0.25) is 0 Å². The third-order valence-corrected chi connectivity index (χ3v) is 4.42. The number of carbonyl (C=O) groups is 1. The lowest BCUT2D eigenvalue weighted by molar-refractivity contribution is 0.102. The molecule has 0 unspecified atom stereocenters. The highest BCUT2D eigenvalue weighted by Crippen LogP contribution is 2.29. The van der Waals surface area contributed by atoms with Crippen LogP contribution in [0, 0.1) is 0 Å². The van der Waals surface area contributed by atoms with E-state index in [1.807, 2.05) is 11.4 Å². The predicted octanol–water partition coefficient (Wildman–Crippen LogP) is 3.49. The predicted molar refractivity (Wildman–Crippen MR) is 88.2 cm³/mol. The molecule has 5 nitrogen and oxygen atoms in total. The summed E-state index contributed by atoms with van der Waals surface area (Å²) in [5.74, 6) is -0.207. The SMILES string of the molecule is O=C(Nc1nc(-c2ccc3c(c2)COC3)cs1)c1cccnc1. The van der Waals surface area contributed by atoms with Gasteiger partial charge in [0.25, 0.3) is 5.91 Å². The van der Waals surface area contributed by atoms with Crippen molar-refractivity contribution in [2.45, 2.75) is 13.2 Å². The van der Waals surface area contributed by atoms with E-state index < -0.39 is 0 Å². The molecule has 1 aliphatic rings. The van der Waals surface area contributed by atoms with Crippen LogP contribution in [0.3, 0.4) is 0 Å². The number of hydrogen-bond acceptors (Lipinski definition) is 5. The number of hydrogen-bond donors (Lipinski definition) is 1. The van der Waals surface area contributed by atoms with E-state index in [1.54, 1.807) is 18.3 Å². The van der Waals surface area contributed by atoms with Crippen LogP contribution in [-0.2, 0) is 18.0 Å². The first-order valence-corrected chi connectivity index (χ1v) is 8.04. The van der Waals surface area contributed by atoms with Crippen molar-refractivity contribution >= 4 is 22.4 Å². The van der Waals surface area contributed by atoms with E-state index in [9.17, 15) is 4.79 Å². The van der Waals surface area contributed by atoms with Gasteiger partial charge in [0.2, 0.25) is 0 Å². The molecule has 6 heteroatoms. The van der Waals surface area contributed by atoms with E-state index in [4.69, 9.17) is 4.74 Å². The maximum atomic E-state index is 12.1. The monoisotopic (exact) mass is 323 g/mol. The van der Waals surface area contributed by atoms with E-state index in [0.29, 0.717) is 23.9 Å². The van der Waals surface area contributed by atoms with Crippen molar-refractivity contribution in [2.24, 2.45) is 0 Å². The highest BCUT2D eigenvalue weighted by Gasteiger charge is 2.14. The average Bonchev–Trinajstić information content (AvgIpc) is 3.23. The van der Waals surface area contributed by atoms with Gasteiger partial charge in [-0.2, -0.15) is 0 Å². The molecule has 1 amide bonds. The summed E-state index contributed by atoms with van der Waals surface area (Å²) in [4.78, 5) is 20.6. The maximum absolute atomic E-state index is 12.1. The lowest BCUT2D eigenvalue weighted by Gasteiger charge is -2.02. The number of rotatable bonds is 3. The van der Waals surface area contributed by atoms with Crippen molar-refractivity contribution in [1.82, 2.24) is 9.97 Å². The number of fused-ring (bicyclic) bond motifs is 1. The zero-order valence-electron chi connectivity index (χ0n) is 12.2. The molecule has 0 atom stereocenters. The fourth-order valence-corrected chi connectivity index (χ4v) is 3.18. The van der Waals surface area contributed by atoms with Crippen LogP contribution in [0.4, 0.5) is 5.13 Å². The Morgan fingerprint density at radius 2 is 2.13 bits per heavy atom. The van der Waals surface area contributed by atoms with Gasteiger partial charge in [0.1, 0.15) is 0 Å². The van der Waals surface area contributed by atoms with Gasteiger partial charge >= 0.3 is 0 Å². The summed E-state index contributed by atoms with van der Waals surface area (Å²) in [7, 11) is 0. The van der Waals surface area contributed by atoms with Crippen molar-refractivity contribution in [2.75, 3.05) is 5.32 Å². The van der Waals surface area contributed by atoms with E-state index in [1.165, 1.54) is 28.7 Å². The Morgan fingerprint density at radius 1 is 1.22 bits per heavy atom. The molecule has 0 radical (unpaired) electrons. The normalized spacial score (nSPS) is 12.9. The Labute approximate surface area is 137 Å². The average molecular weight is 323 g/mol. The van der Waals surface area contributed by atoms with E-state index in [0.717, 1.165) is 11.3 Å². The molecule has 0 aliphatic carbocycles. The smallest absolute Gasteiger partial charge is 0.259 e. The Bertz CT molecular complexity index is 861. The fourth-order valence-electron chi connectivity index (χ4n) is 2.46. The highest BCUT2D eigenvalue weighted by molar-refractivity contribution is 7.14. The molecule has 2 aromatic heterocycles. The number of pyridine rings is 1. The molecule has 3 heterocycles. The minimum atomic E-state index is -0.207. The Balaban J connectivity index is 1.54. The number of anilines is 1. The van der Waals surface area contributed by atoms with Crippen LogP contribution in [0.15, 0.2) is 48.1 Å². The minimum Gasteiger partial charge on any atom is -0.372 e. The van der Waals surface area contributed by atoms with Gasteiger partial charge in [-0.1, -0.05) is 12.1 Å². The highest BCUT2D eigenvalue weighted by atomic mass is 32.1. The lowest BCUT2D eigenvalue weighted by atomic mass is 10.1. The standard InChI is InChI=1S/C17H13N3O2S/c21-16(12-2-1-5-18-7-12)20-17-19-15(10-23-17)11-3-4-13-8-22-9-14(13)6-11/h1-7,10H,8-9H2,(H,19,20,21). The number of ether oxygens (including phenoxy) is 1. The molecule has 23 heavy (non-hydrogen) atoms. The third-order valence-electron chi connectivity index (χ3n) is 3.67. The van der Waals surface area contributed by atoms with Crippen molar-refractivity contribution in [1.29, 1.82) is 0 Å². The molecule has 4 rings (SSSR count). The first kappa shape index (κ1) is 14.0. The molecule has 114 valence electrons. The second-order valence-electron chi connectivity index (χ2n) is 5.21. The molecule has 0 fully saturated rings. The van der Waals surface area contributed by atoms with E-state index in [2.05, 4.69) is 27.4 Å². The van der Waals surface area contributed by atoms with Crippen molar-refractivity contribution < 1.29 is 9.53 Å². The summed E-state index contributed by atoms with van der Waals surface area (Å²) in [6, 6.07) is 9.66. The van der Waals surface area contributed by atoms with Gasteiger partial charge in [0.15, 0.2) is 5.13 Å². The van der Waals surface area contributed by atoms with Gasteiger partial charge in [-0.15, -0.1) is 11.3 Å². The van der Waals surface area contributed by atoms with Crippen molar-refractivity contribution in [3.8, 4) is 11.3 Å². The summed E-state index contributed by atoms with van der Waals surface area (Å²) >= 11 is 1.41. The molecule has 1 aromatic carbocycles. The van der Waals surface area contributed by atoms with Gasteiger partial charge in [-0.3, -0.25) is 15.1 Å². The summed E-state index contributed by atoms with van der Waals surface area (Å²) in [5.41, 5.74) is 4.84. The van der Waals surface area contributed by atoms with E-state index in [-0.39, 0.29) is 5.91 Å². The number of thiazole rings is 1. The topological polar surface area (TPSA) is 64.1 Å². The van der Waals surface area contributed by atoms with Crippen LogP contribution in [0.1, 0.15) is 21.5 Å². The number of amides is 1. The van der Waals surface area contributed by atoms with Crippen molar-refractivity contribution in [3.63, 3.8) is 0 Å². The largest absolute Gasteiger partial charge is 0.372 e. The molecule has 0 saturated carbocycles. The molecule has 0 bridgehead atoms. The van der Waals surface area contributed by atoms with Crippen LogP contribution in [-0.4, -0.2) is 15.9 Å². The third kappa shape index (κ3) is 2.86. The summed E-state index contributed by atoms with van der Waals surface area (Å²) in [6.45, 7) is 1.33. The Morgan fingerprint density at radius 3 is 3.00 bits per heavy atom. The molecule has 1 aliphatic heterocycles. The molecule has 3 aromatic rings. The van der Waals surface area contributed by atoms with Gasteiger partial charge in [-0.25, -0.2) is 4.98 Å². The molecular formula is C17H13N3O2S. The number of carbonyl (C=O) groups excluding carboxylic acids is 1. The summed E-state index contributed by atoms with van der Waals surface area (Å²) in [6.07, 6.45) is 3.17. The molecular weight excluding hydrogens is 310 g/mol. The first-order valence-electron chi connectivity index (χ1n) is 7.16. The second kappa shape index (κ2) is 5.91. The van der Waals surface area contributed by atoms with Crippen LogP contribution < -0.4 is 5.32 Å². The Hall–Kier alpha value is -2.57. The van der Waals surface area contributed by atoms with E-state index >= 15 is 0 Å². The lowest BCUT2D eigenvalue weighted by Crippen LogP contribution is -2.11. The zero-order valence-corrected chi connectivity index (χ0v) is 13.0. The van der Waals surface area contributed by atoms with Gasteiger partial charge < -0.3 is 4.74 Å². The minimum absolute atomic E-state index is 0.207.